The fourth-order valence-corrected chi connectivity index (χ4v) is 3.59. The van der Waals surface area contributed by atoms with Crippen molar-refractivity contribution in [1.82, 2.24) is 5.32 Å². The van der Waals surface area contributed by atoms with Gasteiger partial charge in [-0.3, -0.25) is 9.59 Å². The summed E-state index contributed by atoms with van der Waals surface area (Å²) in [6.07, 6.45) is 7.09. The molecule has 1 unspecified atom stereocenters. The zero-order valence-electron chi connectivity index (χ0n) is 13.0. The summed E-state index contributed by atoms with van der Waals surface area (Å²) < 4.78 is 5.44. The van der Waals surface area contributed by atoms with Crippen LogP contribution in [0.3, 0.4) is 0 Å². The molecule has 0 aromatic heterocycles. The molecule has 2 rings (SSSR count). The van der Waals surface area contributed by atoms with Crippen LogP contribution in [0.5, 0.6) is 0 Å². The normalized spacial score (nSPS) is 29.4. The number of amides is 1. The Morgan fingerprint density at radius 2 is 1.76 bits per heavy atom. The largest absolute Gasteiger partial charge is 0.481 e. The van der Waals surface area contributed by atoms with Crippen molar-refractivity contribution < 1.29 is 19.4 Å². The molecule has 1 aliphatic heterocycles. The minimum atomic E-state index is -0.869. The van der Waals surface area contributed by atoms with Gasteiger partial charge in [-0.15, -0.1) is 0 Å². The van der Waals surface area contributed by atoms with Gasteiger partial charge in [0.15, 0.2) is 0 Å². The Hall–Kier alpha value is -1.10. The minimum absolute atomic E-state index is 0.0952. The van der Waals surface area contributed by atoms with E-state index in [1.165, 1.54) is 0 Å². The topological polar surface area (TPSA) is 75.6 Å². The molecule has 2 fully saturated rings. The Bertz CT molecular complexity index is 380. The molecule has 0 spiro atoms. The second-order valence-corrected chi connectivity index (χ2v) is 6.94. The van der Waals surface area contributed by atoms with E-state index >= 15 is 0 Å². The number of hydrogen-bond acceptors (Lipinski definition) is 3. The molecule has 120 valence electrons. The maximum Gasteiger partial charge on any atom is 0.310 e. The highest BCUT2D eigenvalue weighted by Gasteiger charge is 2.41. The zero-order valence-corrected chi connectivity index (χ0v) is 13.0. The van der Waals surface area contributed by atoms with Crippen molar-refractivity contribution in [3.05, 3.63) is 0 Å². The Morgan fingerprint density at radius 3 is 2.29 bits per heavy atom. The van der Waals surface area contributed by atoms with Gasteiger partial charge in [0, 0.05) is 13.0 Å². The quantitative estimate of drug-likeness (QED) is 0.782. The fraction of sp³-hybridized carbons (Fsp3) is 0.875. The number of carboxylic acid groups (broad SMARTS) is 1. The third-order valence-electron chi connectivity index (χ3n) is 4.89. The predicted molar refractivity (Wildman–Crippen MR) is 79.0 cm³/mol. The van der Waals surface area contributed by atoms with Crippen LogP contribution in [0, 0.1) is 5.41 Å². The predicted octanol–water partition coefficient (Wildman–Crippen LogP) is 2.49. The van der Waals surface area contributed by atoms with E-state index in [0.29, 0.717) is 19.4 Å². The Balaban J connectivity index is 1.99. The molecule has 5 nitrogen and oxygen atoms in total. The van der Waals surface area contributed by atoms with E-state index in [1.54, 1.807) is 0 Å². The zero-order chi connectivity index (χ0) is 15.3. The van der Waals surface area contributed by atoms with Gasteiger partial charge < -0.3 is 15.2 Å². The summed E-state index contributed by atoms with van der Waals surface area (Å²) >= 11 is 0. The lowest BCUT2D eigenvalue weighted by atomic mass is 9.77. The summed E-state index contributed by atoms with van der Waals surface area (Å²) in [5.74, 6) is -0.961. The molecule has 2 aliphatic rings. The van der Waals surface area contributed by atoms with Crippen LogP contribution in [0.1, 0.15) is 64.7 Å². The van der Waals surface area contributed by atoms with Gasteiger partial charge in [0.2, 0.25) is 5.91 Å². The highest BCUT2D eigenvalue weighted by molar-refractivity contribution is 5.85. The lowest BCUT2D eigenvalue weighted by molar-refractivity contribution is -0.153. The fourth-order valence-electron chi connectivity index (χ4n) is 3.59. The third-order valence-corrected chi connectivity index (χ3v) is 4.89. The molecule has 0 aromatic carbocycles. The smallest absolute Gasteiger partial charge is 0.310 e. The highest BCUT2D eigenvalue weighted by atomic mass is 16.5. The molecular formula is C16H27NO4. The summed E-state index contributed by atoms with van der Waals surface area (Å²) in [5, 5.41) is 12.6. The molecule has 21 heavy (non-hydrogen) atoms. The highest BCUT2D eigenvalue weighted by Crippen LogP contribution is 2.38. The van der Waals surface area contributed by atoms with Gasteiger partial charge in [0.05, 0.1) is 17.6 Å². The van der Waals surface area contributed by atoms with E-state index in [2.05, 4.69) is 5.32 Å². The van der Waals surface area contributed by atoms with Crippen LogP contribution in [0.2, 0.25) is 0 Å². The minimum Gasteiger partial charge on any atom is -0.481 e. The van der Waals surface area contributed by atoms with E-state index in [9.17, 15) is 14.7 Å². The molecule has 0 bridgehead atoms. The van der Waals surface area contributed by atoms with Gasteiger partial charge >= 0.3 is 5.97 Å². The van der Waals surface area contributed by atoms with E-state index in [0.717, 1.165) is 45.1 Å². The lowest BCUT2D eigenvalue weighted by Crippen LogP contribution is -2.53. The Morgan fingerprint density at radius 1 is 1.10 bits per heavy atom. The average Bonchev–Trinajstić information content (AvgIpc) is 2.65. The van der Waals surface area contributed by atoms with Crippen LogP contribution in [0.4, 0.5) is 0 Å². The number of ether oxygens (including phenoxy) is 1. The van der Waals surface area contributed by atoms with Gasteiger partial charge in [-0.2, -0.15) is 0 Å². The number of aliphatic carboxylic acids is 1. The number of carbonyl (C=O) groups is 2. The molecule has 1 saturated carbocycles. The number of carboxylic acids is 1. The Kier molecular flexibility index (Phi) is 5.25. The van der Waals surface area contributed by atoms with Crippen LogP contribution in [0.25, 0.3) is 0 Å². The van der Waals surface area contributed by atoms with Crippen molar-refractivity contribution in [2.45, 2.75) is 70.3 Å². The summed E-state index contributed by atoms with van der Waals surface area (Å²) in [6.45, 7) is 3.23. The van der Waals surface area contributed by atoms with Crippen molar-refractivity contribution in [3.63, 3.8) is 0 Å². The van der Waals surface area contributed by atoms with Gasteiger partial charge in [0.25, 0.3) is 0 Å². The van der Waals surface area contributed by atoms with E-state index in [1.807, 2.05) is 6.92 Å². The van der Waals surface area contributed by atoms with Gasteiger partial charge in [-0.05, 0) is 32.6 Å². The molecule has 0 radical (unpaired) electrons. The number of hydrogen-bond donors (Lipinski definition) is 2. The number of nitrogens with one attached hydrogen (secondary N) is 1. The molecule has 1 heterocycles. The standard InChI is InChI=1S/C16H27NO4/c1-15(7-6-10-21-12-15)17-13(18)11-16(14(19)20)8-4-2-3-5-9-16/h2-12H2,1H3,(H,17,18)(H,19,20). The summed E-state index contributed by atoms with van der Waals surface area (Å²) in [7, 11) is 0. The van der Waals surface area contributed by atoms with E-state index in [-0.39, 0.29) is 17.9 Å². The molecule has 5 heteroatoms. The summed E-state index contributed by atoms with van der Waals surface area (Å²) in [5.41, 5.74) is -1.22. The SMILES string of the molecule is CC1(NC(=O)CC2(C(=O)O)CCCCCC2)CCCOC1. The second kappa shape index (κ2) is 6.77. The molecule has 1 aliphatic carbocycles. The van der Waals surface area contributed by atoms with Crippen molar-refractivity contribution in [2.24, 2.45) is 5.41 Å². The first kappa shape index (κ1) is 16.3. The second-order valence-electron chi connectivity index (χ2n) is 6.94. The van der Waals surface area contributed by atoms with Crippen molar-refractivity contribution in [3.8, 4) is 0 Å². The van der Waals surface area contributed by atoms with Gasteiger partial charge in [0.1, 0.15) is 0 Å². The summed E-state index contributed by atoms with van der Waals surface area (Å²) in [6, 6.07) is 0. The van der Waals surface area contributed by atoms with Gasteiger partial charge in [-0.1, -0.05) is 25.7 Å². The molecular weight excluding hydrogens is 270 g/mol. The van der Waals surface area contributed by atoms with Crippen LogP contribution < -0.4 is 5.32 Å². The van der Waals surface area contributed by atoms with Crippen LogP contribution >= 0.6 is 0 Å². The first-order chi connectivity index (χ1) is 9.96. The summed E-state index contributed by atoms with van der Waals surface area (Å²) in [4.78, 5) is 24.1. The van der Waals surface area contributed by atoms with E-state index < -0.39 is 11.4 Å². The maximum absolute atomic E-state index is 12.4. The monoisotopic (exact) mass is 297 g/mol. The van der Waals surface area contributed by atoms with Gasteiger partial charge in [-0.25, -0.2) is 0 Å². The third kappa shape index (κ3) is 4.19. The molecule has 1 amide bonds. The molecule has 1 atom stereocenters. The average molecular weight is 297 g/mol. The van der Waals surface area contributed by atoms with Crippen molar-refractivity contribution in [1.29, 1.82) is 0 Å². The van der Waals surface area contributed by atoms with Crippen molar-refractivity contribution in [2.75, 3.05) is 13.2 Å². The van der Waals surface area contributed by atoms with Crippen LogP contribution in [-0.4, -0.2) is 35.7 Å². The first-order valence-electron chi connectivity index (χ1n) is 8.08. The lowest BCUT2D eigenvalue weighted by Gasteiger charge is -2.36. The number of rotatable bonds is 4. The molecule has 0 aromatic rings. The maximum atomic E-state index is 12.4. The van der Waals surface area contributed by atoms with E-state index in [4.69, 9.17) is 4.74 Å². The first-order valence-corrected chi connectivity index (χ1v) is 8.08. The van der Waals surface area contributed by atoms with Crippen molar-refractivity contribution >= 4 is 11.9 Å². The number of carbonyl (C=O) groups excluding carboxylic acids is 1. The van der Waals surface area contributed by atoms with Crippen LogP contribution in [0.15, 0.2) is 0 Å². The molecule has 2 N–H and O–H groups in total. The molecule has 1 saturated heterocycles. The van der Waals surface area contributed by atoms with Crippen LogP contribution in [-0.2, 0) is 14.3 Å². The Labute approximate surface area is 126 Å².